The fraction of sp³-hybridized carbons (Fsp3) is 0. The highest BCUT2D eigenvalue weighted by Crippen LogP contribution is 2.41. The third-order valence-electron chi connectivity index (χ3n) is 2.17. The van der Waals surface area contributed by atoms with Gasteiger partial charge in [-0.15, -0.1) is 0 Å². The first-order valence-electron chi connectivity index (χ1n) is 4.87. The first kappa shape index (κ1) is 15.0. The fourth-order valence-corrected chi connectivity index (χ4v) is 1.74. The molecule has 0 saturated carbocycles. The van der Waals surface area contributed by atoms with E-state index < -0.39 is 34.2 Å². The van der Waals surface area contributed by atoms with Gasteiger partial charge in [0.2, 0.25) is 11.8 Å². The Balaban J connectivity index is 2.53. The lowest BCUT2D eigenvalue weighted by molar-refractivity contribution is 0.369. The normalized spacial score (nSPS) is 10.7. The number of hydrogen-bond donors (Lipinski definition) is 1. The molecule has 0 amide bonds. The Hall–Kier alpha value is -1.37. The first-order chi connectivity index (χ1) is 9.31. The maximum atomic E-state index is 13.5. The fourth-order valence-electron chi connectivity index (χ4n) is 1.27. The van der Waals surface area contributed by atoms with E-state index in [4.69, 9.17) is 39.5 Å². The van der Waals surface area contributed by atoms with E-state index >= 15 is 0 Å². The molecule has 0 saturated heterocycles. The van der Waals surface area contributed by atoms with E-state index in [1.54, 1.807) is 0 Å². The monoisotopic (exact) mass is 343 g/mol. The van der Waals surface area contributed by atoms with Crippen LogP contribution in [0.1, 0.15) is 0 Å². The van der Waals surface area contributed by atoms with Gasteiger partial charge in [0.05, 0.1) is 10.0 Å². The number of hydrogen-bond acceptors (Lipinski definition) is 3. The van der Waals surface area contributed by atoms with Crippen molar-refractivity contribution in [2.75, 3.05) is 0 Å². The van der Waals surface area contributed by atoms with Gasteiger partial charge < -0.3 is 9.84 Å². The molecule has 1 aromatic carbocycles. The van der Waals surface area contributed by atoms with Crippen LogP contribution in [0.2, 0.25) is 15.1 Å². The number of ether oxygens (including phenoxy) is 1. The van der Waals surface area contributed by atoms with Crippen molar-refractivity contribution in [2.24, 2.45) is 0 Å². The van der Waals surface area contributed by atoms with E-state index in [1.165, 1.54) is 0 Å². The largest absolute Gasteiger partial charge is 0.504 e. The topological polar surface area (TPSA) is 42.4 Å². The van der Waals surface area contributed by atoms with Crippen molar-refractivity contribution in [3.8, 4) is 17.2 Å². The summed E-state index contributed by atoms with van der Waals surface area (Å²) in [5, 5.41) is 8.67. The summed E-state index contributed by atoms with van der Waals surface area (Å²) in [6.45, 7) is 0. The maximum absolute atomic E-state index is 13.5. The molecule has 0 radical (unpaired) electrons. The number of rotatable bonds is 2. The molecule has 0 unspecified atom stereocenters. The predicted octanol–water partition coefficient (Wildman–Crippen LogP) is 4.96. The smallest absolute Gasteiger partial charge is 0.255 e. The van der Waals surface area contributed by atoms with Gasteiger partial charge in [0.25, 0.3) is 5.95 Å². The van der Waals surface area contributed by atoms with Gasteiger partial charge in [-0.05, 0) is 0 Å². The van der Waals surface area contributed by atoms with Crippen LogP contribution in [0.25, 0.3) is 0 Å². The number of phenolic OH excluding ortho intramolecular Hbond substituents is 1. The lowest BCUT2D eigenvalue weighted by Gasteiger charge is -2.11. The van der Waals surface area contributed by atoms with E-state index in [-0.39, 0.29) is 15.8 Å². The van der Waals surface area contributed by atoms with Crippen LogP contribution in [0.3, 0.4) is 0 Å². The minimum absolute atomic E-state index is 0.00942. The summed E-state index contributed by atoms with van der Waals surface area (Å²) in [7, 11) is 0. The third-order valence-corrected chi connectivity index (χ3v) is 3.22. The van der Waals surface area contributed by atoms with Crippen molar-refractivity contribution in [2.45, 2.75) is 0 Å². The van der Waals surface area contributed by atoms with E-state index in [9.17, 15) is 18.3 Å². The van der Waals surface area contributed by atoms with Crippen molar-refractivity contribution >= 4 is 34.8 Å². The molecule has 1 heterocycles. The van der Waals surface area contributed by atoms with Crippen LogP contribution in [-0.4, -0.2) is 10.1 Å². The summed E-state index contributed by atoms with van der Waals surface area (Å²) >= 11 is 16.7. The number of nitrogens with zero attached hydrogens (tertiary/aromatic N) is 1. The van der Waals surface area contributed by atoms with Crippen LogP contribution < -0.4 is 4.74 Å². The van der Waals surface area contributed by atoms with Gasteiger partial charge in [-0.2, -0.15) is 18.2 Å². The molecule has 0 aliphatic heterocycles. The second-order valence-corrected chi connectivity index (χ2v) is 4.68. The predicted molar refractivity (Wildman–Crippen MR) is 67.3 cm³/mol. The third kappa shape index (κ3) is 2.72. The molecule has 1 aromatic heterocycles. The van der Waals surface area contributed by atoms with Crippen LogP contribution >= 0.6 is 34.8 Å². The van der Waals surface area contributed by atoms with Gasteiger partial charge in [0.15, 0.2) is 17.2 Å². The van der Waals surface area contributed by atoms with Crippen molar-refractivity contribution in [3.63, 3.8) is 0 Å². The second-order valence-electron chi connectivity index (χ2n) is 3.49. The van der Waals surface area contributed by atoms with Gasteiger partial charge in [-0.3, -0.25) is 0 Å². The van der Waals surface area contributed by atoms with Crippen LogP contribution in [0, 0.1) is 17.7 Å². The number of benzene rings is 1. The highest BCUT2D eigenvalue weighted by atomic mass is 35.5. The molecule has 0 aliphatic carbocycles. The van der Waals surface area contributed by atoms with Gasteiger partial charge >= 0.3 is 0 Å². The molecule has 9 heteroatoms. The Morgan fingerprint density at radius 3 is 2.25 bits per heavy atom. The highest BCUT2D eigenvalue weighted by molar-refractivity contribution is 6.42. The standard InChI is InChI=1S/C11H3Cl3F3NO2/c12-3-1-5(19)6(2-4(3)13)20-9-7(14)10(16)18-11(17)8(9)15/h1-2,19H. The molecule has 0 aliphatic rings. The summed E-state index contributed by atoms with van der Waals surface area (Å²) in [6.07, 6.45) is 0. The quantitative estimate of drug-likeness (QED) is 0.783. The van der Waals surface area contributed by atoms with E-state index in [0.717, 1.165) is 12.1 Å². The molecule has 0 bridgehead atoms. The Bertz CT molecular complexity index is 671. The molecule has 2 aromatic rings. The van der Waals surface area contributed by atoms with Crippen LogP contribution in [0.15, 0.2) is 12.1 Å². The number of halogens is 6. The van der Waals surface area contributed by atoms with Crippen molar-refractivity contribution in [1.29, 1.82) is 0 Å². The zero-order valence-electron chi connectivity index (χ0n) is 9.23. The first-order valence-corrected chi connectivity index (χ1v) is 6.00. The number of phenols is 1. The average Bonchev–Trinajstić information content (AvgIpc) is 2.38. The van der Waals surface area contributed by atoms with Gasteiger partial charge in [-0.1, -0.05) is 34.8 Å². The van der Waals surface area contributed by atoms with E-state index in [1.807, 2.05) is 0 Å². The van der Waals surface area contributed by atoms with Gasteiger partial charge in [0.1, 0.15) is 5.02 Å². The average molecular weight is 345 g/mol. The second kappa shape index (κ2) is 5.55. The molecule has 0 fully saturated rings. The Morgan fingerprint density at radius 2 is 1.60 bits per heavy atom. The Morgan fingerprint density at radius 1 is 1.00 bits per heavy atom. The zero-order chi connectivity index (χ0) is 15.0. The molecule has 3 nitrogen and oxygen atoms in total. The van der Waals surface area contributed by atoms with E-state index in [0.29, 0.717) is 0 Å². The molecule has 20 heavy (non-hydrogen) atoms. The lowest BCUT2D eigenvalue weighted by atomic mass is 10.3. The molecule has 0 atom stereocenters. The molecule has 1 N–H and O–H groups in total. The van der Waals surface area contributed by atoms with Crippen LogP contribution in [0.5, 0.6) is 17.2 Å². The molecule has 106 valence electrons. The number of aromatic nitrogens is 1. The highest BCUT2D eigenvalue weighted by Gasteiger charge is 2.22. The summed E-state index contributed by atoms with van der Waals surface area (Å²) in [6, 6.07) is 2.05. The minimum atomic E-state index is -1.73. The molecular weight excluding hydrogens is 341 g/mol. The van der Waals surface area contributed by atoms with Crippen molar-refractivity contribution < 1.29 is 23.0 Å². The summed E-state index contributed by atoms with van der Waals surface area (Å²) in [5.74, 6) is -6.67. The summed E-state index contributed by atoms with van der Waals surface area (Å²) < 4.78 is 44.5. The van der Waals surface area contributed by atoms with Crippen LogP contribution in [-0.2, 0) is 0 Å². The SMILES string of the molecule is Oc1cc(Cl)c(Cl)cc1Oc1c(F)c(F)nc(F)c1Cl. The minimum Gasteiger partial charge on any atom is -0.504 e. The number of aromatic hydroxyl groups is 1. The molecule has 0 spiro atoms. The summed E-state index contributed by atoms with van der Waals surface area (Å²) in [4.78, 5) is 2.60. The molecular formula is C11H3Cl3F3NO2. The van der Waals surface area contributed by atoms with Crippen molar-refractivity contribution in [3.05, 3.63) is 44.9 Å². The molecule has 2 rings (SSSR count). The number of pyridine rings is 1. The zero-order valence-corrected chi connectivity index (χ0v) is 11.5. The summed E-state index contributed by atoms with van der Waals surface area (Å²) in [5.41, 5.74) is 0. The van der Waals surface area contributed by atoms with Crippen molar-refractivity contribution in [1.82, 2.24) is 4.98 Å². The van der Waals surface area contributed by atoms with E-state index in [2.05, 4.69) is 4.98 Å². The van der Waals surface area contributed by atoms with Crippen LogP contribution in [0.4, 0.5) is 13.2 Å². The van der Waals surface area contributed by atoms with Gasteiger partial charge in [-0.25, -0.2) is 0 Å². The maximum Gasteiger partial charge on any atom is 0.255 e. The van der Waals surface area contributed by atoms with Gasteiger partial charge in [0, 0.05) is 12.1 Å². The lowest BCUT2D eigenvalue weighted by Crippen LogP contribution is -2.00. The Labute approximate surface area is 125 Å². The Kier molecular flexibility index (Phi) is 4.17.